The van der Waals surface area contributed by atoms with Crippen molar-refractivity contribution in [3.63, 3.8) is 0 Å². The molecule has 0 unspecified atom stereocenters. The fourth-order valence-electron chi connectivity index (χ4n) is 2.39. The van der Waals surface area contributed by atoms with Crippen molar-refractivity contribution < 1.29 is 23.8 Å². The van der Waals surface area contributed by atoms with Crippen LogP contribution in [0.25, 0.3) is 10.8 Å². The van der Waals surface area contributed by atoms with E-state index in [1.165, 1.54) is 12.5 Å². The van der Waals surface area contributed by atoms with Crippen LogP contribution < -0.4 is 4.74 Å². The van der Waals surface area contributed by atoms with Crippen LogP contribution in [-0.2, 0) is 4.79 Å². The van der Waals surface area contributed by atoms with E-state index >= 15 is 0 Å². The number of hydrogen-bond acceptors (Lipinski definition) is 4. The van der Waals surface area contributed by atoms with Gasteiger partial charge in [-0.15, -0.1) is 0 Å². The van der Waals surface area contributed by atoms with Crippen LogP contribution in [0.1, 0.15) is 22.3 Å². The summed E-state index contributed by atoms with van der Waals surface area (Å²) in [6.45, 7) is 0.0777. The van der Waals surface area contributed by atoms with E-state index in [0.717, 1.165) is 10.8 Å². The number of fused-ring (bicyclic) bond motifs is 1. The number of aliphatic carboxylic acids is 1. The average molecular weight is 310 g/mol. The Morgan fingerprint density at radius 1 is 1.04 bits per heavy atom. The minimum absolute atomic E-state index is 0.0777. The summed E-state index contributed by atoms with van der Waals surface area (Å²) >= 11 is 0. The van der Waals surface area contributed by atoms with Gasteiger partial charge in [0.05, 0.1) is 24.9 Å². The van der Waals surface area contributed by atoms with Gasteiger partial charge in [-0.25, -0.2) is 0 Å². The van der Waals surface area contributed by atoms with E-state index in [4.69, 9.17) is 14.3 Å². The van der Waals surface area contributed by atoms with E-state index in [9.17, 15) is 9.59 Å². The monoisotopic (exact) mass is 310 g/mol. The molecule has 0 amide bonds. The van der Waals surface area contributed by atoms with E-state index in [0.29, 0.717) is 16.9 Å². The maximum atomic E-state index is 12.6. The lowest BCUT2D eigenvalue weighted by atomic mass is 9.98. The number of carbonyl (C=O) groups is 2. The lowest BCUT2D eigenvalue weighted by Gasteiger charge is -2.11. The molecule has 116 valence electrons. The molecule has 3 rings (SSSR count). The standard InChI is InChI=1S/C18H14O5/c19-17(20)8-10-23-16-6-5-15(13-3-1-2-4-14(13)16)18(21)12-7-9-22-11-12/h1-7,9,11H,8,10H2,(H,19,20). The van der Waals surface area contributed by atoms with Crippen LogP contribution >= 0.6 is 0 Å². The third-order valence-electron chi connectivity index (χ3n) is 3.49. The van der Waals surface area contributed by atoms with Gasteiger partial charge in [0.2, 0.25) is 0 Å². The molecule has 1 aromatic heterocycles. The summed E-state index contributed by atoms with van der Waals surface area (Å²) in [7, 11) is 0. The maximum absolute atomic E-state index is 12.6. The molecule has 0 aliphatic heterocycles. The van der Waals surface area contributed by atoms with E-state index in [2.05, 4.69) is 0 Å². The third-order valence-corrected chi connectivity index (χ3v) is 3.49. The van der Waals surface area contributed by atoms with Crippen molar-refractivity contribution in [3.8, 4) is 5.75 Å². The zero-order valence-corrected chi connectivity index (χ0v) is 12.2. The van der Waals surface area contributed by atoms with Crippen molar-refractivity contribution in [1.82, 2.24) is 0 Å². The molecule has 0 saturated carbocycles. The van der Waals surface area contributed by atoms with Crippen molar-refractivity contribution in [2.45, 2.75) is 6.42 Å². The van der Waals surface area contributed by atoms with Gasteiger partial charge in [0, 0.05) is 10.9 Å². The second-order valence-corrected chi connectivity index (χ2v) is 4.99. The summed E-state index contributed by atoms with van der Waals surface area (Å²) in [5.41, 5.74) is 1.03. The smallest absolute Gasteiger partial charge is 0.306 e. The van der Waals surface area contributed by atoms with E-state index in [-0.39, 0.29) is 18.8 Å². The first-order valence-electron chi connectivity index (χ1n) is 7.10. The van der Waals surface area contributed by atoms with Gasteiger partial charge in [-0.3, -0.25) is 9.59 Å². The molecular formula is C18H14O5. The number of hydrogen-bond donors (Lipinski definition) is 1. The molecule has 0 radical (unpaired) electrons. The SMILES string of the molecule is O=C(O)CCOc1ccc(C(=O)c2ccoc2)c2ccccc12. The fourth-order valence-corrected chi connectivity index (χ4v) is 2.39. The minimum Gasteiger partial charge on any atom is -0.492 e. The summed E-state index contributed by atoms with van der Waals surface area (Å²) < 4.78 is 10.5. The van der Waals surface area contributed by atoms with Gasteiger partial charge in [-0.2, -0.15) is 0 Å². The van der Waals surface area contributed by atoms with Gasteiger partial charge in [0.1, 0.15) is 12.0 Å². The van der Waals surface area contributed by atoms with Crippen molar-refractivity contribution in [2.75, 3.05) is 6.61 Å². The summed E-state index contributed by atoms with van der Waals surface area (Å²) in [6, 6.07) is 12.4. The van der Waals surface area contributed by atoms with E-state index in [1.807, 2.05) is 24.3 Å². The van der Waals surface area contributed by atoms with Gasteiger partial charge in [0.15, 0.2) is 5.78 Å². The average Bonchev–Trinajstić information content (AvgIpc) is 3.08. The Balaban J connectivity index is 1.99. The van der Waals surface area contributed by atoms with Crippen LogP contribution in [0.3, 0.4) is 0 Å². The van der Waals surface area contributed by atoms with Crippen molar-refractivity contribution in [1.29, 1.82) is 0 Å². The predicted molar refractivity (Wildman–Crippen MR) is 83.8 cm³/mol. The summed E-state index contributed by atoms with van der Waals surface area (Å²) in [5.74, 6) is -0.487. The Kier molecular flexibility index (Phi) is 4.10. The van der Waals surface area contributed by atoms with Gasteiger partial charge in [-0.1, -0.05) is 24.3 Å². The van der Waals surface area contributed by atoms with Crippen molar-refractivity contribution >= 4 is 22.5 Å². The largest absolute Gasteiger partial charge is 0.492 e. The summed E-state index contributed by atoms with van der Waals surface area (Å²) in [5, 5.41) is 10.2. The van der Waals surface area contributed by atoms with Crippen LogP contribution in [0.4, 0.5) is 0 Å². The fraction of sp³-hybridized carbons (Fsp3) is 0.111. The molecule has 1 heterocycles. The van der Waals surface area contributed by atoms with Crippen LogP contribution in [0.15, 0.2) is 59.4 Å². The molecule has 0 saturated heterocycles. The highest BCUT2D eigenvalue weighted by Crippen LogP contribution is 2.30. The number of rotatable bonds is 6. The molecular weight excluding hydrogens is 296 g/mol. The highest BCUT2D eigenvalue weighted by Gasteiger charge is 2.15. The second-order valence-electron chi connectivity index (χ2n) is 4.99. The lowest BCUT2D eigenvalue weighted by molar-refractivity contribution is -0.137. The Morgan fingerprint density at radius 2 is 1.83 bits per heavy atom. The zero-order valence-electron chi connectivity index (χ0n) is 12.2. The molecule has 1 N–H and O–H groups in total. The van der Waals surface area contributed by atoms with E-state index in [1.54, 1.807) is 18.2 Å². The Labute approximate surface area is 132 Å². The van der Waals surface area contributed by atoms with Crippen molar-refractivity contribution in [3.05, 3.63) is 66.1 Å². The highest BCUT2D eigenvalue weighted by atomic mass is 16.5. The predicted octanol–water partition coefficient (Wildman–Crippen LogP) is 3.52. The molecule has 0 aliphatic rings. The van der Waals surface area contributed by atoms with Crippen molar-refractivity contribution in [2.24, 2.45) is 0 Å². The van der Waals surface area contributed by atoms with Crippen LogP contribution in [0.5, 0.6) is 5.75 Å². The first kappa shape index (κ1) is 14.8. The number of ketones is 1. The molecule has 0 atom stereocenters. The summed E-state index contributed by atoms with van der Waals surface area (Å²) in [6.07, 6.45) is 2.79. The molecule has 0 bridgehead atoms. The number of carboxylic acids is 1. The summed E-state index contributed by atoms with van der Waals surface area (Å²) in [4.78, 5) is 23.2. The topological polar surface area (TPSA) is 76.7 Å². The Morgan fingerprint density at radius 3 is 2.52 bits per heavy atom. The second kappa shape index (κ2) is 6.36. The number of furan rings is 1. The van der Waals surface area contributed by atoms with Crippen LogP contribution in [0, 0.1) is 0 Å². The normalized spacial score (nSPS) is 10.6. The van der Waals surface area contributed by atoms with Gasteiger partial charge < -0.3 is 14.3 Å². The number of carboxylic acid groups (broad SMARTS) is 1. The first-order valence-corrected chi connectivity index (χ1v) is 7.10. The van der Waals surface area contributed by atoms with Gasteiger partial charge in [0.25, 0.3) is 0 Å². The molecule has 2 aromatic carbocycles. The third kappa shape index (κ3) is 3.08. The quantitative estimate of drug-likeness (QED) is 0.705. The number of benzene rings is 2. The molecule has 23 heavy (non-hydrogen) atoms. The number of carbonyl (C=O) groups excluding carboxylic acids is 1. The minimum atomic E-state index is -0.916. The van der Waals surface area contributed by atoms with E-state index < -0.39 is 5.97 Å². The highest BCUT2D eigenvalue weighted by molar-refractivity contribution is 6.17. The van der Waals surface area contributed by atoms with Crippen LogP contribution in [-0.4, -0.2) is 23.5 Å². The maximum Gasteiger partial charge on any atom is 0.306 e. The molecule has 5 nitrogen and oxygen atoms in total. The van der Waals surface area contributed by atoms with Gasteiger partial charge in [-0.05, 0) is 23.6 Å². The first-order chi connectivity index (χ1) is 11.2. The zero-order chi connectivity index (χ0) is 16.2. The molecule has 0 aliphatic carbocycles. The molecule has 0 spiro atoms. The Hall–Kier alpha value is -3.08. The van der Waals surface area contributed by atoms with Gasteiger partial charge >= 0.3 is 5.97 Å². The molecule has 5 heteroatoms. The molecule has 3 aromatic rings. The van der Waals surface area contributed by atoms with Crippen LogP contribution in [0.2, 0.25) is 0 Å². The number of ether oxygens (including phenoxy) is 1. The molecule has 0 fully saturated rings. The Bertz CT molecular complexity index is 849. The lowest BCUT2D eigenvalue weighted by Crippen LogP contribution is -2.06.